The number of rotatable bonds is 5. The van der Waals surface area contributed by atoms with Gasteiger partial charge < -0.3 is 10.4 Å². The molecule has 0 atom stereocenters. The monoisotopic (exact) mass is 261 g/mol. The molecule has 1 aromatic heterocycles. The minimum Gasteiger partial charge on any atom is -0.396 e. The molecule has 0 fully saturated rings. The smallest absolute Gasteiger partial charge is 0.275 e. The number of nitrogens with zero attached hydrogens (tertiary/aromatic N) is 2. The molecule has 0 aliphatic carbocycles. The van der Waals surface area contributed by atoms with Crippen molar-refractivity contribution in [2.24, 2.45) is 0 Å². The standard InChI is InChI=1S/C13H15N3O3/c17-7-3-6-14-12(18)9-16-13(19)11-5-2-1-4-10(11)8-15-16/h1-2,4-5,8,17H,3,6-7,9H2,(H,14,18). The van der Waals surface area contributed by atoms with E-state index in [9.17, 15) is 9.59 Å². The van der Waals surface area contributed by atoms with Crippen molar-refractivity contribution in [3.8, 4) is 0 Å². The van der Waals surface area contributed by atoms with Gasteiger partial charge in [-0.25, -0.2) is 4.68 Å². The van der Waals surface area contributed by atoms with E-state index in [4.69, 9.17) is 5.11 Å². The summed E-state index contributed by atoms with van der Waals surface area (Å²) in [5.74, 6) is -0.293. The number of carbonyl (C=O) groups excluding carboxylic acids is 1. The lowest BCUT2D eigenvalue weighted by Crippen LogP contribution is -2.34. The molecule has 2 rings (SSSR count). The van der Waals surface area contributed by atoms with E-state index >= 15 is 0 Å². The summed E-state index contributed by atoms with van der Waals surface area (Å²) in [5.41, 5.74) is -0.282. The summed E-state index contributed by atoms with van der Waals surface area (Å²) >= 11 is 0. The molecule has 6 nitrogen and oxygen atoms in total. The fourth-order valence-electron chi connectivity index (χ4n) is 1.74. The molecule has 0 aliphatic heterocycles. The van der Waals surface area contributed by atoms with Crippen molar-refractivity contribution in [3.63, 3.8) is 0 Å². The van der Waals surface area contributed by atoms with Gasteiger partial charge in [0.15, 0.2) is 0 Å². The van der Waals surface area contributed by atoms with Crippen molar-refractivity contribution in [3.05, 3.63) is 40.8 Å². The highest BCUT2D eigenvalue weighted by Crippen LogP contribution is 2.05. The predicted octanol–water partition coefficient (Wildman–Crippen LogP) is -0.105. The summed E-state index contributed by atoms with van der Waals surface area (Å²) in [5, 5.41) is 16.5. The average molecular weight is 261 g/mol. The highest BCUT2D eigenvalue weighted by Gasteiger charge is 2.07. The zero-order chi connectivity index (χ0) is 13.7. The molecule has 0 unspecified atom stereocenters. The molecule has 0 spiro atoms. The molecule has 0 radical (unpaired) electrons. The molecule has 2 N–H and O–H groups in total. The molecule has 0 aliphatic rings. The summed E-state index contributed by atoms with van der Waals surface area (Å²) < 4.78 is 1.14. The number of benzene rings is 1. The Kier molecular flexibility index (Phi) is 4.25. The molecular weight excluding hydrogens is 246 g/mol. The van der Waals surface area contributed by atoms with Gasteiger partial charge >= 0.3 is 0 Å². The number of aromatic nitrogens is 2. The highest BCUT2D eigenvalue weighted by atomic mass is 16.3. The summed E-state index contributed by atoms with van der Waals surface area (Å²) in [6, 6.07) is 7.11. The number of fused-ring (bicyclic) bond motifs is 1. The zero-order valence-electron chi connectivity index (χ0n) is 10.4. The van der Waals surface area contributed by atoms with Gasteiger partial charge in [0.05, 0.1) is 11.6 Å². The largest absolute Gasteiger partial charge is 0.396 e. The number of nitrogens with one attached hydrogen (secondary N) is 1. The number of aliphatic hydroxyl groups is 1. The van der Waals surface area contributed by atoms with E-state index in [2.05, 4.69) is 10.4 Å². The first-order valence-corrected chi connectivity index (χ1v) is 6.05. The van der Waals surface area contributed by atoms with E-state index in [1.807, 2.05) is 6.07 Å². The molecule has 19 heavy (non-hydrogen) atoms. The van der Waals surface area contributed by atoms with Crippen LogP contribution in [-0.2, 0) is 11.3 Å². The van der Waals surface area contributed by atoms with Gasteiger partial charge in [0.2, 0.25) is 5.91 Å². The first kappa shape index (κ1) is 13.2. The van der Waals surface area contributed by atoms with Crippen LogP contribution in [0.4, 0.5) is 0 Å². The van der Waals surface area contributed by atoms with Crippen LogP contribution in [0.25, 0.3) is 10.8 Å². The third-order valence-electron chi connectivity index (χ3n) is 2.71. The van der Waals surface area contributed by atoms with Crippen LogP contribution in [-0.4, -0.2) is 33.9 Å². The van der Waals surface area contributed by atoms with Crippen LogP contribution in [0.1, 0.15) is 6.42 Å². The first-order valence-electron chi connectivity index (χ1n) is 6.05. The third kappa shape index (κ3) is 3.17. The van der Waals surface area contributed by atoms with Crippen molar-refractivity contribution in [1.29, 1.82) is 0 Å². The van der Waals surface area contributed by atoms with Gasteiger partial charge in [0.1, 0.15) is 6.54 Å². The summed E-state index contributed by atoms with van der Waals surface area (Å²) in [6.07, 6.45) is 2.06. The fourth-order valence-corrected chi connectivity index (χ4v) is 1.74. The molecule has 0 saturated heterocycles. The Labute approximate surface area is 109 Å². The molecular formula is C13H15N3O3. The van der Waals surface area contributed by atoms with Gasteiger partial charge in [-0.2, -0.15) is 5.10 Å². The lowest BCUT2D eigenvalue weighted by atomic mass is 10.2. The van der Waals surface area contributed by atoms with E-state index in [-0.39, 0.29) is 24.6 Å². The maximum Gasteiger partial charge on any atom is 0.275 e. The normalized spacial score (nSPS) is 10.6. The molecule has 6 heteroatoms. The number of hydrogen-bond donors (Lipinski definition) is 2. The van der Waals surface area contributed by atoms with Crippen LogP contribution in [0.15, 0.2) is 35.3 Å². The molecule has 2 aromatic rings. The minimum atomic E-state index is -0.293. The minimum absolute atomic E-state index is 0.0223. The quantitative estimate of drug-likeness (QED) is 0.736. The Balaban J connectivity index is 2.15. The second-order valence-electron chi connectivity index (χ2n) is 4.12. The van der Waals surface area contributed by atoms with Gasteiger partial charge in [0.25, 0.3) is 5.56 Å². The van der Waals surface area contributed by atoms with Crippen LogP contribution >= 0.6 is 0 Å². The topological polar surface area (TPSA) is 84.2 Å². The second kappa shape index (κ2) is 6.10. The number of carbonyl (C=O) groups is 1. The maximum atomic E-state index is 12.1. The van der Waals surface area contributed by atoms with E-state index in [0.717, 1.165) is 10.1 Å². The van der Waals surface area contributed by atoms with Crippen molar-refractivity contribution in [1.82, 2.24) is 15.1 Å². The van der Waals surface area contributed by atoms with Crippen LogP contribution in [0.5, 0.6) is 0 Å². The van der Waals surface area contributed by atoms with Crippen molar-refractivity contribution in [2.45, 2.75) is 13.0 Å². The van der Waals surface area contributed by atoms with Gasteiger partial charge in [-0.05, 0) is 12.5 Å². The second-order valence-corrected chi connectivity index (χ2v) is 4.12. The Morgan fingerprint density at radius 3 is 2.95 bits per heavy atom. The first-order chi connectivity index (χ1) is 9.22. The van der Waals surface area contributed by atoms with Gasteiger partial charge in [-0.3, -0.25) is 9.59 Å². The van der Waals surface area contributed by atoms with Crippen LogP contribution in [0, 0.1) is 0 Å². The van der Waals surface area contributed by atoms with Crippen molar-refractivity contribution >= 4 is 16.7 Å². The Morgan fingerprint density at radius 1 is 1.37 bits per heavy atom. The molecule has 0 saturated carbocycles. The van der Waals surface area contributed by atoms with Crippen LogP contribution in [0.2, 0.25) is 0 Å². The fraction of sp³-hybridized carbons (Fsp3) is 0.308. The summed E-state index contributed by atoms with van der Waals surface area (Å²) in [4.78, 5) is 23.7. The van der Waals surface area contributed by atoms with Crippen molar-refractivity contribution in [2.75, 3.05) is 13.2 Å². The van der Waals surface area contributed by atoms with E-state index in [1.165, 1.54) is 0 Å². The van der Waals surface area contributed by atoms with Crippen molar-refractivity contribution < 1.29 is 9.90 Å². The predicted molar refractivity (Wildman–Crippen MR) is 70.7 cm³/mol. The third-order valence-corrected chi connectivity index (χ3v) is 2.71. The highest BCUT2D eigenvalue weighted by molar-refractivity contribution is 5.81. The summed E-state index contributed by atoms with van der Waals surface area (Å²) in [6.45, 7) is 0.293. The van der Waals surface area contributed by atoms with E-state index in [0.29, 0.717) is 18.4 Å². The number of amides is 1. The van der Waals surface area contributed by atoms with E-state index < -0.39 is 0 Å². The average Bonchev–Trinajstić information content (AvgIpc) is 2.43. The maximum absolute atomic E-state index is 12.1. The van der Waals surface area contributed by atoms with Gasteiger partial charge in [-0.15, -0.1) is 0 Å². The Bertz CT molecular complexity index is 636. The summed E-state index contributed by atoms with van der Waals surface area (Å²) in [7, 11) is 0. The van der Waals surface area contributed by atoms with Crippen LogP contribution < -0.4 is 10.9 Å². The van der Waals surface area contributed by atoms with Gasteiger partial charge in [-0.1, -0.05) is 18.2 Å². The Morgan fingerprint density at radius 2 is 2.16 bits per heavy atom. The molecule has 1 aromatic carbocycles. The molecule has 0 bridgehead atoms. The Hall–Kier alpha value is -2.21. The molecule has 1 amide bonds. The van der Waals surface area contributed by atoms with Crippen LogP contribution in [0.3, 0.4) is 0 Å². The zero-order valence-corrected chi connectivity index (χ0v) is 10.4. The lowest BCUT2D eigenvalue weighted by molar-refractivity contribution is -0.121. The SMILES string of the molecule is O=C(Cn1ncc2ccccc2c1=O)NCCCO. The lowest BCUT2D eigenvalue weighted by Gasteiger charge is -2.06. The molecule has 100 valence electrons. The van der Waals surface area contributed by atoms with Gasteiger partial charge in [0, 0.05) is 18.5 Å². The number of aliphatic hydroxyl groups excluding tert-OH is 1. The number of hydrogen-bond acceptors (Lipinski definition) is 4. The molecule has 1 heterocycles. The van der Waals surface area contributed by atoms with E-state index in [1.54, 1.807) is 24.4 Å².